The standard InChI is InChI=1S/C13H12Cl2O4S/c1-20(18,19)11-5-4-8(12(14)13(11)15)10(17)6-9(16)7-2-3-7/h4-5,7H,2-3,6H2,1H3. The Morgan fingerprint density at radius 3 is 2.30 bits per heavy atom. The molecule has 1 aromatic carbocycles. The third kappa shape index (κ3) is 3.22. The van der Waals surface area contributed by atoms with Crippen LogP contribution in [0.2, 0.25) is 10.0 Å². The molecule has 0 aromatic heterocycles. The van der Waals surface area contributed by atoms with E-state index in [1.165, 1.54) is 12.1 Å². The zero-order chi connectivity index (χ0) is 15.1. The number of sulfone groups is 1. The smallest absolute Gasteiger partial charge is 0.177 e. The van der Waals surface area contributed by atoms with Gasteiger partial charge in [0.05, 0.1) is 21.4 Å². The van der Waals surface area contributed by atoms with Crippen LogP contribution in [0.5, 0.6) is 0 Å². The Morgan fingerprint density at radius 2 is 1.80 bits per heavy atom. The summed E-state index contributed by atoms with van der Waals surface area (Å²) >= 11 is 11.8. The van der Waals surface area contributed by atoms with E-state index in [9.17, 15) is 18.0 Å². The van der Waals surface area contributed by atoms with E-state index in [2.05, 4.69) is 0 Å². The minimum atomic E-state index is -3.52. The van der Waals surface area contributed by atoms with E-state index in [0.717, 1.165) is 19.1 Å². The van der Waals surface area contributed by atoms with Gasteiger partial charge in [-0.15, -0.1) is 0 Å². The molecule has 0 radical (unpaired) electrons. The first-order valence-corrected chi connectivity index (χ1v) is 8.60. The molecule has 4 nitrogen and oxygen atoms in total. The van der Waals surface area contributed by atoms with Gasteiger partial charge in [-0.3, -0.25) is 9.59 Å². The molecule has 0 N–H and O–H groups in total. The number of hydrogen-bond donors (Lipinski definition) is 0. The molecule has 0 spiro atoms. The number of halogens is 2. The first kappa shape index (κ1) is 15.5. The lowest BCUT2D eigenvalue weighted by Gasteiger charge is -2.08. The molecular formula is C13H12Cl2O4S. The summed E-state index contributed by atoms with van der Waals surface area (Å²) in [6.45, 7) is 0. The van der Waals surface area contributed by atoms with Gasteiger partial charge in [-0.05, 0) is 25.0 Å². The van der Waals surface area contributed by atoms with Crippen LogP contribution in [0.15, 0.2) is 17.0 Å². The Kier molecular flexibility index (Phi) is 4.23. The number of rotatable bonds is 5. The monoisotopic (exact) mass is 334 g/mol. The molecule has 1 aromatic rings. The summed E-state index contributed by atoms with van der Waals surface area (Å²) < 4.78 is 23.0. The van der Waals surface area contributed by atoms with Crippen molar-refractivity contribution < 1.29 is 18.0 Å². The predicted molar refractivity (Wildman–Crippen MR) is 76.3 cm³/mol. The molecule has 7 heteroatoms. The van der Waals surface area contributed by atoms with Crippen molar-refractivity contribution in [3.05, 3.63) is 27.7 Å². The van der Waals surface area contributed by atoms with Gasteiger partial charge in [-0.1, -0.05) is 23.2 Å². The summed E-state index contributed by atoms with van der Waals surface area (Å²) in [6.07, 6.45) is 2.43. The molecule has 1 aliphatic rings. The minimum absolute atomic E-state index is 0.0107. The minimum Gasteiger partial charge on any atom is -0.299 e. The number of hydrogen-bond acceptors (Lipinski definition) is 4. The van der Waals surface area contributed by atoms with Gasteiger partial charge >= 0.3 is 0 Å². The molecule has 0 bridgehead atoms. The molecule has 1 saturated carbocycles. The molecule has 1 fully saturated rings. The van der Waals surface area contributed by atoms with Gasteiger partial charge in [0.15, 0.2) is 15.6 Å². The van der Waals surface area contributed by atoms with Crippen molar-refractivity contribution in [2.24, 2.45) is 5.92 Å². The summed E-state index contributed by atoms with van der Waals surface area (Å²) in [5.41, 5.74) is 0.0815. The van der Waals surface area contributed by atoms with E-state index in [-0.39, 0.29) is 38.6 Å². The van der Waals surface area contributed by atoms with Crippen LogP contribution < -0.4 is 0 Å². The molecule has 0 heterocycles. The number of ketones is 2. The summed E-state index contributed by atoms with van der Waals surface area (Å²) in [7, 11) is -3.52. The van der Waals surface area contributed by atoms with Gasteiger partial charge in [-0.25, -0.2) is 8.42 Å². The molecule has 108 valence electrons. The fourth-order valence-corrected chi connectivity index (χ4v) is 3.49. The molecule has 20 heavy (non-hydrogen) atoms. The van der Waals surface area contributed by atoms with Gasteiger partial charge in [0.2, 0.25) is 0 Å². The van der Waals surface area contributed by atoms with Gasteiger partial charge in [0.1, 0.15) is 5.78 Å². The summed E-state index contributed by atoms with van der Waals surface area (Å²) in [4.78, 5) is 23.5. The highest BCUT2D eigenvalue weighted by atomic mass is 35.5. The third-order valence-corrected chi connectivity index (χ3v) is 5.25. The lowest BCUT2D eigenvalue weighted by Crippen LogP contribution is -2.11. The summed E-state index contributed by atoms with van der Waals surface area (Å²) in [5.74, 6) is -0.549. The van der Waals surface area contributed by atoms with Gasteiger partial charge in [0, 0.05) is 17.7 Å². The number of carbonyl (C=O) groups excluding carboxylic acids is 2. The van der Waals surface area contributed by atoms with Crippen molar-refractivity contribution in [1.29, 1.82) is 0 Å². The molecule has 2 rings (SSSR count). The van der Waals surface area contributed by atoms with Crippen LogP contribution >= 0.6 is 23.2 Å². The second-order valence-electron chi connectivity index (χ2n) is 4.85. The Labute approximate surface area is 127 Å². The van der Waals surface area contributed by atoms with Crippen LogP contribution in [0.1, 0.15) is 29.6 Å². The van der Waals surface area contributed by atoms with Crippen LogP contribution in [0, 0.1) is 5.92 Å². The second kappa shape index (κ2) is 5.47. The Hall–Kier alpha value is -0.910. The normalized spacial score (nSPS) is 15.2. The quantitative estimate of drug-likeness (QED) is 0.613. The maximum atomic E-state index is 12.0. The molecule has 0 unspecified atom stereocenters. The molecule has 0 saturated heterocycles. The molecule has 1 aliphatic carbocycles. The summed E-state index contributed by atoms with van der Waals surface area (Å²) in [5, 5.41) is -0.304. The Morgan fingerprint density at radius 1 is 1.20 bits per heavy atom. The molecular weight excluding hydrogens is 323 g/mol. The largest absolute Gasteiger partial charge is 0.299 e. The van der Waals surface area contributed by atoms with Crippen LogP contribution in [-0.4, -0.2) is 26.2 Å². The highest BCUT2D eigenvalue weighted by molar-refractivity contribution is 7.90. The predicted octanol–water partition coefficient (Wildman–Crippen LogP) is 2.95. The van der Waals surface area contributed by atoms with E-state index in [0.29, 0.717) is 0 Å². The highest BCUT2D eigenvalue weighted by Gasteiger charge is 2.31. The van der Waals surface area contributed by atoms with Crippen molar-refractivity contribution in [2.45, 2.75) is 24.2 Å². The van der Waals surface area contributed by atoms with Crippen molar-refractivity contribution >= 4 is 44.6 Å². The first-order chi connectivity index (χ1) is 9.21. The second-order valence-corrected chi connectivity index (χ2v) is 7.59. The average Bonchev–Trinajstić information content (AvgIpc) is 3.14. The fraction of sp³-hybridized carbons (Fsp3) is 0.385. The lowest BCUT2D eigenvalue weighted by atomic mass is 10.0. The van der Waals surface area contributed by atoms with Crippen LogP contribution in [0.3, 0.4) is 0 Å². The number of benzene rings is 1. The Balaban J connectivity index is 2.31. The molecule has 0 amide bonds. The number of Topliss-reactive ketones (excluding diaryl/α,β-unsaturated/α-hetero) is 2. The molecule has 0 aliphatic heterocycles. The number of carbonyl (C=O) groups is 2. The van der Waals surface area contributed by atoms with E-state index in [1.807, 2.05) is 0 Å². The van der Waals surface area contributed by atoms with E-state index < -0.39 is 15.6 Å². The van der Waals surface area contributed by atoms with Gasteiger partial charge in [-0.2, -0.15) is 0 Å². The SMILES string of the molecule is CS(=O)(=O)c1ccc(C(=O)CC(=O)C2CC2)c(Cl)c1Cl. The van der Waals surface area contributed by atoms with Crippen LogP contribution in [0.25, 0.3) is 0 Å². The van der Waals surface area contributed by atoms with Crippen molar-refractivity contribution in [3.63, 3.8) is 0 Å². The maximum absolute atomic E-state index is 12.0. The fourth-order valence-electron chi connectivity index (χ4n) is 1.84. The zero-order valence-corrected chi connectivity index (χ0v) is 13.0. The van der Waals surface area contributed by atoms with E-state index in [1.54, 1.807) is 0 Å². The van der Waals surface area contributed by atoms with Crippen LogP contribution in [-0.2, 0) is 14.6 Å². The lowest BCUT2D eigenvalue weighted by molar-refractivity contribution is -0.119. The average molecular weight is 335 g/mol. The highest BCUT2D eigenvalue weighted by Crippen LogP contribution is 2.35. The van der Waals surface area contributed by atoms with Crippen molar-refractivity contribution in [2.75, 3.05) is 6.26 Å². The molecule has 0 atom stereocenters. The zero-order valence-electron chi connectivity index (χ0n) is 10.7. The maximum Gasteiger partial charge on any atom is 0.177 e. The topological polar surface area (TPSA) is 68.3 Å². The van der Waals surface area contributed by atoms with Crippen molar-refractivity contribution in [1.82, 2.24) is 0 Å². The van der Waals surface area contributed by atoms with Crippen molar-refractivity contribution in [3.8, 4) is 0 Å². The first-order valence-electron chi connectivity index (χ1n) is 5.95. The van der Waals surface area contributed by atoms with Gasteiger partial charge < -0.3 is 0 Å². The Bertz CT molecular complexity index is 691. The van der Waals surface area contributed by atoms with E-state index >= 15 is 0 Å². The van der Waals surface area contributed by atoms with Crippen LogP contribution in [0.4, 0.5) is 0 Å². The van der Waals surface area contributed by atoms with E-state index in [4.69, 9.17) is 23.2 Å². The third-order valence-electron chi connectivity index (χ3n) is 3.11. The summed E-state index contributed by atoms with van der Waals surface area (Å²) in [6, 6.07) is 2.53. The van der Waals surface area contributed by atoms with Gasteiger partial charge in [0.25, 0.3) is 0 Å².